The Morgan fingerprint density at radius 1 is 1.12 bits per heavy atom. The van der Waals surface area contributed by atoms with Crippen LogP contribution in [-0.4, -0.2) is 19.6 Å². The first kappa shape index (κ1) is 18.1. The lowest BCUT2D eigenvalue weighted by Gasteiger charge is -2.14. The molecule has 2 rings (SSSR count). The van der Waals surface area contributed by atoms with Gasteiger partial charge >= 0.3 is 0 Å². The highest BCUT2D eigenvalue weighted by molar-refractivity contribution is 7.92. The molecule has 0 saturated carbocycles. The fourth-order valence-corrected chi connectivity index (χ4v) is 3.32. The average molecular weight is 353 g/mol. The molecule has 0 spiro atoms. The third-order valence-corrected chi connectivity index (χ3v) is 5.61. The number of hydrogen-bond donors (Lipinski definition) is 1. The van der Waals surface area contributed by atoms with Crippen molar-refractivity contribution in [2.24, 2.45) is 0 Å². The molecule has 0 heterocycles. The Morgan fingerprint density at radius 3 is 2.38 bits per heavy atom. The minimum atomic E-state index is -3.80. The second kappa shape index (κ2) is 7.09. The van der Waals surface area contributed by atoms with Gasteiger partial charge in [-0.25, -0.2) is 17.2 Å². The summed E-state index contributed by atoms with van der Waals surface area (Å²) in [7, 11) is -3.80. The summed E-state index contributed by atoms with van der Waals surface area (Å²) in [4.78, 5) is 12.1. The second-order valence-electron chi connectivity index (χ2n) is 5.55. The molecule has 1 N–H and O–H groups in total. The number of hydrogen-bond acceptors (Lipinski definition) is 3. The maximum atomic E-state index is 13.5. The number of aryl methyl sites for hydroxylation is 1. The zero-order valence-corrected chi connectivity index (χ0v) is 14.0. The van der Waals surface area contributed by atoms with Crippen LogP contribution in [0.5, 0.6) is 0 Å². The van der Waals surface area contributed by atoms with E-state index in [0.717, 1.165) is 23.8 Å². The number of carbonyl (C=O) groups excluding carboxylic acids is 1. The van der Waals surface area contributed by atoms with Gasteiger partial charge in [0.15, 0.2) is 9.84 Å². The summed E-state index contributed by atoms with van der Waals surface area (Å²) in [5.41, 5.74) is 1.15. The lowest BCUT2D eigenvalue weighted by atomic mass is 10.2. The zero-order chi connectivity index (χ0) is 17.9. The molecule has 4 nitrogen and oxygen atoms in total. The summed E-state index contributed by atoms with van der Waals surface area (Å²) in [5.74, 6) is -2.80. The molecule has 0 aliphatic carbocycles. The minimum absolute atomic E-state index is 0.312. The van der Waals surface area contributed by atoms with Crippen LogP contribution in [0, 0.1) is 18.6 Å². The topological polar surface area (TPSA) is 63.2 Å². The van der Waals surface area contributed by atoms with E-state index in [1.165, 1.54) is 6.92 Å². The van der Waals surface area contributed by atoms with Crippen LogP contribution in [0.3, 0.4) is 0 Å². The Morgan fingerprint density at radius 2 is 1.75 bits per heavy atom. The first-order valence-electron chi connectivity index (χ1n) is 7.22. The van der Waals surface area contributed by atoms with Crippen molar-refractivity contribution in [2.75, 3.05) is 5.32 Å². The number of amides is 1. The molecule has 128 valence electrons. The molecule has 0 aliphatic heterocycles. The lowest BCUT2D eigenvalue weighted by Crippen LogP contribution is -2.33. The molecule has 1 unspecified atom stereocenters. The number of benzene rings is 2. The van der Waals surface area contributed by atoms with Crippen molar-refractivity contribution in [3.05, 3.63) is 65.2 Å². The highest BCUT2D eigenvalue weighted by atomic mass is 32.2. The summed E-state index contributed by atoms with van der Waals surface area (Å²) in [5, 5.41) is 0.717. The highest BCUT2D eigenvalue weighted by Gasteiger charge is 2.28. The maximum Gasteiger partial charge on any atom is 0.242 e. The van der Waals surface area contributed by atoms with Gasteiger partial charge in [0.1, 0.15) is 16.9 Å². The number of sulfone groups is 1. The smallest absolute Gasteiger partial charge is 0.242 e. The van der Waals surface area contributed by atoms with Crippen LogP contribution in [0.2, 0.25) is 0 Å². The van der Waals surface area contributed by atoms with E-state index in [0.29, 0.717) is 5.56 Å². The van der Waals surface area contributed by atoms with Gasteiger partial charge in [-0.05, 0) is 31.5 Å². The molecule has 2 aromatic rings. The third-order valence-electron chi connectivity index (χ3n) is 3.58. The van der Waals surface area contributed by atoms with Gasteiger partial charge in [-0.2, -0.15) is 0 Å². The largest absolute Gasteiger partial charge is 0.322 e. The van der Waals surface area contributed by atoms with Crippen LogP contribution in [0.25, 0.3) is 0 Å². The second-order valence-corrected chi connectivity index (χ2v) is 7.87. The number of rotatable bonds is 5. The van der Waals surface area contributed by atoms with E-state index in [1.54, 1.807) is 24.3 Å². The molecule has 7 heteroatoms. The Hall–Kier alpha value is -2.28. The van der Waals surface area contributed by atoms with E-state index in [1.807, 2.05) is 6.92 Å². The van der Waals surface area contributed by atoms with Gasteiger partial charge in [0.25, 0.3) is 0 Å². The van der Waals surface area contributed by atoms with Crippen LogP contribution >= 0.6 is 0 Å². The molecule has 0 aliphatic rings. The monoisotopic (exact) mass is 353 g/mol. The standard InChI is InChI=1S/C17H17F2NO3S/c1-11-3-5-13(6-4-11)10-24(22,23)12(2)17(21)20-16-9-14(18)7-8-15(16)19/h3-9,12H,10H2,1-2H3,(H,20,21). The Kier molecular flexibility index (Phi) is 5.33. The summed E-state index contributed by atoms with van der Waals surface area (Å²) in [6, 6.07) is 9.45. The molecule has 0 radical (unpaired) electrons. The van der Waals surface area contributed by atoms with Crippen molar-refractivity contribution in [3.8, 4) is 0 Å². The van der Waals surface area contributed by atoms with Crippen LogP contribution < -0.4 is 5.32 Å². The van der Waals surface area contributed by atoms with Gasteiger partial charge in [-0.3, -0.25) is 4.79 Å². The van der Waals surface area contributed by atoms with Crippen LogP contribution in [0.1, 0.15) is 18.1 Å². The molecule has 0 saturated heterocycles. The summed E-state index contributed by atoms with van der Waals surface area (Å²) in [6.45, 7) is 3.10. The van der Waals surface area contributed by atoms with Gasteiger partial charge in [0.05, 0.1) is 11.4 Å². The summed E-state index contributed by atoms with van der Waals surface area (Å²) >= 11 is 0. The van der Waals surface area contributed by atoms with Gasteiger partial charge in [-0.1, -0.05) is 29.8 Å². The fraction of sp³-hybridized carbons (Fsp3) is 0.235. The van der Waals surface area contributed by atoms with E-state index >= 15 is 0 Å². The van der Waals surface area contributed by atoms with Gasteiger partial charge in [0, 0.05) is 6.07 Å². The van der Waals surface area contributed by atoms with Crippen molar-refractivity contribution in [2.45, 2.75) is 24.9 Å². The fourth-order valence-electron chi connectivity index (χ4n) is 2.03. The van der Waals surface area contributed by atoms with Crippen LogP contribution in [0.4, 0.5) is 14.5 Å². The van der Waals surface area contributed by atoms with Gasteiger partial charge < -0.3 is 5.32 Å². The number of anilines is 1. The van der Waals surface area contributed by atoms with E-state index in [4.69, 9.17) is 0 Å². The Balaban J connectivity index is 2.13. The molecule has 0 fully saturated rings. The Bertz CT molecular complexity index is 849. The van der Waals surface area contributed by atoms with E-state index in [9.17, 15) is 22.0 Å². The number of nitrogens with one attached hydrogen (secondary N) is 1. The predicted molar refractivity (Wildman–Crippen MR) is 88.3 cm³/mol. The minimum Gasteiger partial charge on any atom is -0.322 e. The molecule has 0 bridgehead atoms. The van der Waals surface area contributed by atoms with Gasteiger partial charge in [-0.15, -0.1) is 0 Å². The summed E-state index contributed by atoms with van der Waals surface area (Å²) < 4.78 is 51.3. The third kappa shape index (κ3) is 4.38. The average Bonchev–Trinajstić information content (AvgIpc) is 2.52. The van der Waals surface area contributed by atoms with Crippen molar-refractivity contribution in [1.29, 1.82) is 0 Å². The van der Waals surface area contributed by atoms with Gasteiger partial charge in [0.2, 0.25) is 5.91 Å². The Labute approximate surface area is 139 Å². The van der Waals surface area contributed by atoms with E-state index in [2.05, 4.69) is 5.32 Å². The number of halogens is 2. The molecular formula is C17H17F2NO3S. The summed E-state index contributed by atoms with van der Waals surface area (Å²) in [6.07, 6.45) is 0. The highest BCUT2D eigenvalue weighted by Crippen LogP contribution is 2.18. The molecular weight excluding hydrogens is 336 g/mol. The molecule has 1 atom stereocenters. The molecule has 2 aromatic carbocycles. The van der Waals surface area contributed by atoms with Crippen LogP contribution in [-0.2, 0) is 20.4 Å². The van der Waals surface area contributed by atoms with Crippen molar-refractivity contribution in [3.63, 3.8) is 0 Å². The van der Waals surface area contributed by atoms with Crippen LogP contribution in [0.15, 0.2) is 42.5 Å². The quantitative estimate of drug-likeness (QED) is 0.898. The van der Waals surface area contributed by atoms with Crippen molar-refractivity contribution < 1.29 is 22.0 Å². The first-order valence-corrected chi connectivity index (χ1v) is 8.93. The maximum absolute atomic E-state index is 13.5. The number of carbonyl (C=O) groups is 1. The first-order chi connectivity index (χ1) is 11.2. The zero-order valence-electron chi connectivity index (χ0n) is 13.2. The normalized spacial score (nSPS) is 12.7. The van der Waals surface area contributed by atoms with Crippen molar-refractivity contribution >= 4 is 21.4 Å². The predicted octanol–water partition coefficient (Wildman–Crippen LogP) is 3.22. The van der Waals surface area contributed by atoms with E-state index < -0.39 is 38.3 Å². The van der Waals surface area contributed by atoms with E-state index in [-0.39, 0.29) is 5.75 Å². The molecule has 0 aromatic heterocycles. The SMILES string of the molecule is Cc1ccc(CS(=O)(=O)C(C)C(=O)Nc2cc(F)ccc2F)cc1. The lowest BCUT2D eigenvalue weighted by molar-refractivity contribution is -0.115. The molecule has 1 amide bonds. The molecule has 24 heavy (non-hydrogen) atoms. The van der Waals surface area contributed by atoms with Crippen molar-refractivity contribution in [1.82, 2.24) is 0 Å².